The fraction of sp³-hybridized carbons (Fsp3) is 0.208. The number of hydrogen-bond donors (Lipinski definition) is 0. The lowest BCUT2D eigenvalue weighted by molar-refractivity contribution is -0.445. The fourth-order valence-corrected chi connectivity index (χ4v) is 4.10. The Kier molecular flexibility index (Phi) is 6.20. The van der Waals surface area contributed by atoms with Crippen LogP contribution in [0.3, 0.4) is 0 Å². The second kappa shape index (κ2) is 9.07. The number of fused-ring (bicyclic) bond motifs is 1. The number of urea groups is 1. The first kappa shape index (κ1) is 22.5. The topological polar surface area (TPSA) is 68.1 Å². The molecule has 9 heteroatoms. The van der Waals surface area contributed by atoms with Gasteiger partial charge in [-0.1, -0.05) is 35.9 Å². The molecule has 0 bridgehead atoms. The van der Waals surface area contributed by atoms with Gasteiger partial charge in [-0.15, -0.1) is 4.90 Å². The van der Waals surface area contributed by atoms with E-state index in [4.69, 9.17) is 25.8 Å². The molecule has 0 saturated carbocycles. The van der Waals surface area contributed by atoms with Gasteiger partial charge in [0.05, 0.1) is 26.4 Å². The van der Waals surface area contributed by atoms with Gasteiger partial charge in [-0.3, -0.25) is 0 Å². The Bertz CT molecular complexity index is 1210. The normalized spacial score (nSPS) is 17.4. The molecular formula is C24H21ClFN2O5+. The van der Waals surface area contributed by atoms with E-state index in [0.717, 1.165) is 4.90 Å². The molecule has 0 spiro atoms. The first-order valence-corrected chi connectivity index (χ1v) is 10.4. The van der Waals surface area contributed by atoms with E-state index >= 15 is 0 Å². The highest BCUT2D eigenvalue weighted by Crippen LogP contribution is 2.42. The Morgan fingerprint density at radius 1 is 1.03 bits per heavy atom. The van der Waals surface area contributed by atoms with Crippen molar-refractivity contribution < 1.29 is 32.8 Å². The number of methoxy groups -OCH3 is 3. The number of halogens is 2. The van der Waals surface area contributed by atoms with Crippen LogP contribution in [0, 0.1) is 11.7 Å². The van der Waals surface area contributed by atoms with Gasteiger partial charge in [-0.05, 0) is 18.2 Å². The summed E-state index contributed by atoms with van der Waals surface area (Å²) >= 11 is 6.22. The number of anilines is 1. The second-order valence-electron chi connectivity index (χ2n) is 7.31. The third-order valence-electron chi connectivity index (χ3n) is 5.47. The number of amides is 3. The summed E-state index contributed by atoms with van der Waals surface area (Å²) in [5.74, 6) is -0.654. The van der Waals surface area contributed by atoms with Gasteiger partial charge in [-0.2, -0.15) is 9.37 Å². The zero-order valence-electron chi connectivity index (χ0n) is 18.2. The molecule has 7 nitrogen and oxygen atoms in total. The largest absolute Gasteiger partial charge is 0.506 e. The van der Waals surface area contributed by atoms with Gasteiger partial charge in [0, 0.05) is 17.7 Å². The summed E-state index contributed by atoms with van der Waals surface area (Å²) in [5, 5.41) is 0.187. The summed E-state index contributed by atoms with van der Waals surface area (Å²) in [5.41, 5.74) is 1.31. The van der Waals surface area contributed by atoms with Crippen molar-refractivity contribution >= 4 is 34.9 Å². The van der Waals surface area contributed by atoms with Crippen LogP contribution in [0.2, 0.25) is 5.02 Å². The van der Waals surface area contributed by atoms with Crippen LogP contribution >= 0.6 is 11.6 Å². The van der Waals surface area contributed by atoms with E-state index in [1.54, 1.807) is 24.3 Å². The van der Waals surface area contributed by atoms with E-state index in [2.05, 4.69) is 0 Å². The zero-order valence-corrected chi connectivity index (χ0v) is 18.9. The van der Waals surface area contributed by atoms with Crippen molar-refractivity contribution in [1.82, 2.24) is 0 Å². The van der Waals surface area contributed by atoms with Gasteiger partial charge in [0.25, 0.3) is 0 Å². The van der Waals surface area contributed by atoms with Gasteiger partial charge in [0.1, 0.15) is 29.7 Å². The number of hydrogen-bond acceptors (Lipinski definition) is 5. The molecule has 0 aromatic heterocycles. The molecule has 2 aromatic carbocycles. The lowest BCUT2D eigenvalue weighted by Gasteiger charge is -2.27. The number of imide groups is 1. The maximum Gasteiger partial charge on any atom is 0.506 e. The Hall–Kier alpha value is -3.65. The summed E-state index contributed by atoms with van der Waals surface area (Å²) in [6.45, 7) is 0.0518. The van der Waals surface area contributed by atoms with E-state index in [-0.39, 0.29) is 17.3 Å². The lowest BCUT2D eigenvalue weighted by Crippen LogP contribution is -2.54. The minimum Gasteiger partial charge on any atom is -0.493 e. The molecule has 1 aliphatic heterocycles. The van der Waals surface area contributed by atoms with Crippen LogP contribution in [0.4, 0.5) is 14.9 Å². The molecule has 2 aliphatic rings. The van der Waals surface area contributed by atoms with Gasteiger partial charge in [0.2, 0.25) is 5.75 Å². The van der Waals surface area contributed by atoms with Crippen molar-refractivity contribution in [2.24, 2.45) is 5.92 Å². The highest BCUT2D eigenvalue weighted by molar-refractivity contribution is 6.31. The van der Waals surface area contributed by atoms with Crippen molar-refractivity contribution in [1.29, 1.82) is 0 Å². The zero-order chi connectivity index (χ0) is 23.7. The third kappa shape index (κ3) is 3.98. The Labute approximate surface area is 194 Å². The van der Waals surface area contributed by atoms with Crippen LogP contribution in [0.25, 0.3) is 0 Å². The van der Waals surface area contributed by atoms with Crippen molar-refractivity contribution in [3.05, 3.63) is 71.0 Å². The molecule has 0 fully saturated rings. The monoisotopic (exact) mass is 471 g/mol. The van der Waals surface area contributed by atoms with Crippen molar-refractivity contribution in [3.8, 4) is 17.2 Å². The average molecular weight is 472 g/mol. The number of benzene rings is 2. The number of nitrogens with zero attached hydrogens (tertiary/aromatic N) is 2. The summed E-state index contributed by atoms with van der Waals surface area (Å²) in [4.78, 5) is 28.1. The van der Waals surface area contributed by atoms with Gasteiger partial charge >= 0.3 is 11.9 Å². The number of carbonyl (C=O) groups is 2. The van der Waals surface area contributed by atoms with Crippen molar-refractivity contribution in [2.75, 3.05) is 26.2 Å². The molecule has 0 saturated heterocycles. The molecule has 1 atom stereocenters. The molecule has 1 heterocycles. The third-order valence-corrected chi connectivity index (χ3v) is 5.82. The van der Waals surface area contributed by atoms with Crippen molar-refractivity contribution in [3.63, 3.8) is 0 Å². The van der Waals surface area contributed by atoms with Crippen LogP contribution in [0.15, 0.2) is 54.6 Å². The lowest BCUT2D eigenvalue weighted by atomic mass is 9.94. The minimum atomic E-state index is -0.689. The number of carbonyl (C=O) groups excluding carboxylic acids is 2. The quantitative estimate of drug-likeness (QED) is 0.585. The molecule has 170 valence electrons. The second-order valence-corrected chi connectivity index (χ2v) is 7.72. The average Bonchev–Trinajstić information content (AvgIpc) is 2.82. The standard InChI is InChI=1S/C24H21ClFN2O5/c1-31-20-11-16(12-21(32-2)22(20)33-3)28-23(29)17-6-4-5-7-19(17)27(24(28)30)13-14-8-9-15(26)10-18(14)25/h4-12,17H,13H2,1-3H3/q+1. The van der Waals surface area contributed by atoms with Gasteiger partial charge < -0.3 is 14.2 Å². The summed E-state index contributed by atoms with van der Waals surface area (Å²) < 4.78 is 31.1. The van der Waals surface area contributed by atoms with Gasteiger partial charge in [0.15, 0.2) is 11.5 Å². The van der Waals surface area contributed by atoms with Crippen molar-refractivity contribution in [2.45, 2.75) is 6.54 Å². The number of allylic oxidation sites excluding steroid dienone is 3. The maximum atomic E-state index is 13.6. The first-order valence-electron chi connectivity index (χ1n) is 10.0. The van der Waals surface area contributed by atoms with Gasteiger partial charge in [-0.25, -0.2) is 9.18 Å². The summed E-state index contributed by atoms with van der Waals surface area (Å²) in [6.07, 6.45) is 6.93. The summed E-state index contributed by atoms with van der Waals surface area (Å²) in [6, 6.07) is 6.47. The smallest absolute Gasteiger partial charge is 0.493 e. The minimum absolute atomic E-state index is 0.0518. The Balaban J connectivity index is 1.84. The highest BCUT2D eigenvalue weighted by atomic mass is 35.5. The molecule has 2 aromatic rings. The fourth-order valence-electron chi connectivity index (χ4n) is 3.88. The van der Waals surface area contributed by atoms with Crippen LogP contribution in [-0.2, 0) is 11.3 Å². The van der Waals surface area contributed by atoms with Crippen LogP contribution < -0.4 is 19.1 Å². The molecule has 33 heavy (non-hydrogen) atoms. The van der Waals surface area contributed by atoms with E-state index in [0.29, 0.717) is 28.5 Å². The van der Waals surface area contributed by atoms with Crippen LogP contribution in [0.5, 0.6) is 17.2 Å². The number of ether oxygens (including phenoxy) is 3. The Morgan fingerprint density at radius 2 is 1.73 bits per heavy atom. The molecule has 4 rings (SSSR count). The predicted octanol–water partition coefficient (Wildman–Crippen LogP) is 4.37. The molecule has 0 N–H and O–H groups in total. The first-order chi connectivity index (χ1) is 15.9. The number of rotatable bonds is 6. The SMILES string of the molecule is COc1cc(N2C(=O)C3C=CC=CC3=[N+](Cc3ccc(F)cc3Cl)C2=O)cc(OC)c1OC. The molecule has 3 amide bonds. The van der Waals surface area contributed by atoms with E-state index in [1.165, 1.54) is 56.2 Å². The maximum absolute atomic E-state index is 13.6. The highest BCUT2D eigenvalue weighted by Gasteiger charge is 2.48. The van der Waals surface area contributed by atoms with E-state index < -0.39 is 23.7 Å². The molecule has 0 radical (unpaired) electrons. The molecule has 1 unspecified atom stereocenters. The van der Waals surface area contributed by atoms with E-state index in [9.17, 15) is 14.0 Å². The van der Waals surface area contributed by atoms with Crippen LogP contribution in [0.1, 0.15) is 5.56 Å². The summed E-state index contributed by atoms with van der Waals surface area (Å²) in [7, 11) is 4.36. The van der Waals surface area contributed by atoms with Crippen LogP contribution in [-0.4, -0.2) is 43.6 Å². The predicted molar refractivity (Wildman–Crippen MR) is 121 cm³/mol. The van der Waals surface area contributed by atoms with E-state index in [1.807, 2.05) is 0 Å². The molecular weight excluding hydrogens is 451 g/mol. The molecule has 1 aliphatic carbocycles. The Morgan fingerprint density at radius 3 is 2.33 bits per heavy atom.